The van der Waals surface area contributed by atoms with E-state index in [4.69, 9.17) is 0 Å². The zero-order chi connectivity index (χ0) is 12.6. The van der Waals surface area contributed by atoms with Crippen molar-refractivity contribution in [1.29, 1.82) is 0 Å². The van der Waals surface area contributed by atoms with E-state index in [1.807, 2.05) is 10.8 Å². The van der Waals surface area contributed by atoms with Crippen molar-refractivity contribution in [3.05, 3.63) is 21.5 Å². The van der Waals surface area contributed by atoms with Crippen molar-refractivity contribution in [2.24, 2.45) is 0 Å². The molecule has 0 spiro atoms. The van der Waals surface area contributed by atoms with Crippen LogP contribution in [0.3, 0.4) is 0 Å². The maximum Gasteiger partial charge on any atom is 0.352 e. The number of carbonyl (C=O) groups is 1. The standard InChI is InChI=1S/C12H17IN2O2/c1-8-5-10(3-4-14(8)2)15-7-9(13)6-11(15)12(16)17/h6-8,10H,3-5H2,1-2H3,(H,16,17). The summed E-state index contributed by atoms with van der Waals surface area (Å²) in [4.78, 5) is 13.5. The molecule has 0 aromatic carbocycles. The van der Waals surface area contributed by atoms with Gasteiger partial charge in [-0.1, -0.05) is 0 Å². The number of piperidine rings is 1. The third kappa shape index (κ3) is 2.65. The molecular weight excluding hydrogens is 331 g/mol. The average Bonchev–Trinajstić information content (AvgIpc) is 2.64. The number of hydrogen-bond acceptors (Lipinski definition) is 2. The lowest BCUT2D eigenvalue weighted by atomic mass is 9.98. The Morgan fingerprint density at radius 1 is 1.59 bits per heavy atom. The molecule has 0 aliphatic carbocycles. The van der Waals surface area contributed by atoms with E-state index < -0.39 is 5.97 Å². The van der Waals surface area contributed by atoms with Crippen LogP contribution in [0.25, 0.3) is 0 Å². The molecule has 2 heterocycles. The first-order valence-corrected chi connectivity index (χ1v) is 6.88. The fraction of sp³-hybridized carbons (Fsp3) is 0.583. The molecule has 1 aromatic heterocycles. The van der Waals surface area contributed by atoms with Crippen LogP contribution >= 0.6 is 22.6 Å². The van der Waals surface area contributed by atoms with Crippen LogP contribution in [-0.2, 0) is 0 Å². The van der Waals surface area contributed by atoms with Crippen LogP contribution in [0, 0.1) is 3.57 Å². The molecule has 0 amide bonds. The fourth-order valence-corrected chi connectivity index (χ4v) is 3.03. The lowest BCUT2D eigenvalue weighted by Gasteiger charge is -2.36. The normalized spacial score (nSPS) is 26.1. The summed E-state index contributed by atoms with van der Waals surface area (Å²) in [6.07, 6.45) is 3.99. The fourth-order valence-electron chi connectivity index (χ4n) is 2.44. The summed E-state index contributed by atoms with van der Waals surface area (Å²) >= 11 is 2.17. The Balaban J connectivity index is 2.25. The number of carboxylic acid groups (broad SMARTS) is 1. The van der Waals surface area contributed by atoms with E-state index in [1.54, 1.807) is 6.07 Å². The molecule has 1 N–H and O–H groups in total. The summed E-state index contributed by atoms with van der Waals surface area (Å²) in [5, 5.41) is 9.19. The molecule has 2 atom stereocenters. The highest BCUT2D eigenvalue weighted by atomic mass is 127. The maximum absolute atomic E-state index is 11.2. The first-order valence-electron chi connectivity index (χ1n) is 5.80. The van der Waals surface area contributed by atoms with Crippen LogP contribution in [0.15, 0.2) is 12.3 Å². The molecule has 1 fully saturated rings. The van der Waals surface area contributed by atoms with Gasteiger partial charge in [0, 0.05) is 28.4 Å². The van der Waals surface area contributed by atoms with Crippen molar-refractivity contribution >= 4 is 28.6 Å². The third-order valence-electron chi connectivity index (χ3n) is 3.61. The van der Waals surface area contributed by atoms with E-state index in [9.17, 15) is 9.90 Å². The number of hydrogen-bond donors (Lipinski definition) is 1. The Hall–Kier alpha value is -0.560. The molecule has 17 heavy (non-hydrogen) atoms. The average molecular weight is 348 g/mol. The summed E-state index contributed by atoms with van der Waals surface area (Å²) in [7, 11) is 2.12. The molecule has 0 saturated carbocycles. The Bertz CT molecular complexity index is 430. The predicted octanol–water partition coefficient (Wildman–Crippen LogP) is 2.45. The van der Waals surface area contributed by atoms with Gasteiger partial charge in [-0.2, -0.15) is 0 Å². The molecule has 2 rings (SSSR count). The zero-order valence-electron chi connectivity index (χ0n) is 10.1. The van der Waals surface area contributed by atoms with Crippen LogP contribution in [-0.4, -0.2) is 40.2 Å². The molecule has 2 unspecified atom stereocenters. The monoisotopic (exact) mass is 348 g/mol. The van der Waals surface area contributed by atoms with Gasteiger partial charge in [0.2, 0.25) is 0 Å². The van der Waals surface area contributed by atoms with Crippen LogP contribution < -0.4 is 0 Å². The van der Waals surface area contributed by atoms with Crippen LogP contribution in [0.1, 0.15) is 36.3 Å². The topological polar surface area (TPSA) is 45.5 Å². The maximum atomic E-state index is 11.2. The van der Waals surface area contributed by atoms with Crippen LogP contribution in [0.5, 0.6) is 0 Å². The lowest BCUT2D eigenvalue weighted by Crippen LogP contribution is -2.38. The van der Waals surface area contributed by atoms with Crippen molar-refractivity contribution in [2.75, 3.05) is 13.6 Å². The van der Waals surface area contributed by atoms with Crippen molar-refractivity contribution in [1.82, 2.24) is 9.47 Å². The molecule has 0 bridgehead atoms. The van der Waals surface area contributed by atoms with E-state index in [1.165, 1.54) is 0 Å². The number of likely N-dealkylation sites (tertiary alicyclic amines) is 1. The van der Waals surface area contributed by atoms with Gasteiger partial charge in [0.1, 0.15) is 5.69 Å². The van der Waals surface area contributed by atoms with Gasteiger partial charge in [-0.05, 0) is 55.5 Å². The SMILES string of the molecule is CC1CC(n2cc(I)cc2C(=O)O)CCN1C. The molecule has 1 saturated heterocycles. The third-order valence-corrected chi connectivity index (χ3v) is 4.20. The number of rotatable bonds is 2. The Kier molecular flexibility index (Phi) is 3.77. The van der Waals surface area contributed by atoms with E-state index in [-0.39, 0.29) is 0 Å². The minimum atomic E-state index is -0.834. The van der Waals surface area contributed by atoms with E-state index in [0.717, 1.165) is 23.0 Å². The first-order chi connectivity index (χ1) is 7.99. The zero-order valence-corrected chi connectivity index (χ0v) is 12.2. The summed E-state index contributed by atoms with van der Waals surface area (Å²) < 4.78 is 2.93. The molecule has 1 aliphatic heterocycles. The summed E-state index contributed by atoms with van der Waals surface area (Å²) in [5.41, 5.74) is 0.413. The highest BCUT2D eigenvalue weighted by Gasteiger charge is 2.26. The molecule has 4 nitrogen and oxygen atoms in total. The minimum absolute atomic E-state index is 0.316. The van der Waals surface area contributed by atoms with Crippen LogP contribution in [0.2, 0.25) is 0 Å². The molecular formula is C12H17IN2O2. The Labute approximate surface area is 115 Å². The lowest BCUT2D eigenvalue weighted by molar-refractivity contribution is 0.0675. The number of aromatic carboxylic acids is 1. The number of carboxylic acids is 1. The molecule has 0 radical (unpaired) electrons. The van der Waals surface area contributed by atoms with Crippen LogP contribution in [0.4, 0.5) is 0 Å². The van der Waals surface area contributed by atoms with Gasteiger partial charge in [0.25, 0.3) is 0 Å². The minimum Gasteiger partial charge on any atom is -0.477 e. The van der Waals surface area contributed by atoms with Gasteiger partial charge in [0.15, 0.2) is 0 Å². The number of halogens is 1. The number of nitrogens with zero attached hydrogens (tertiary/aromatic N) is 2. The molecule has 1 aromatic rings. The predicted molar refractivity (Wildman–Crippen MR) is 74.5 cm³/mol. The largest absolute Gasteiger partial charge is 0.477 e. The van der Waals surface area contributed by atoms with Gasteiger partial charge in [-0.3, -0.25) is 0 Å². The second kappa shape index (κ2) is 4.97. The van der Waals surface area contributed by atoms with Crippen molar-refractivity contribution in [2.45, 2.75) is 31.8 Å². The summed E-state index contributed by atoms with van der Waals surface area (Å²) in [5.74, 6) is -0.834. The quantitative estimate of drug-likeness (QED) is 0.836. The summed E-state index contributed by atoms with van der Waals surface area (Å²) in [6.45, 7) is 3.22. The second-order valence-electron chi connectivity index (χ2n) is 4.76. The smallest absolute Gasteiger partial charge is 0.352 e. The van der Waals surface area contributed by atoms with Crippen molar-refractivity contribution < 1.29 is 9.90 Å². The van der Waals surface area contributed by atoms with Gasteiger partial charge < -0.3 is 14.6 Å². The Morgan fingerprint density at radius 2 is 2.29 bits per heavy atom. The highest BCUT2D eigenvalue weighted by Crippen LogP contribution is 2.28. The first kappa shape index (κ1) is 12.9. The highest BCUT2D eigenvalue weighted by molar-refractivity contribution is 14.1. The molecule has 5 heteroatoms. The molecule has 1 aliphatic rings. The number of aromatic nitrogens is 1. The summed E-state index contributed by atoms with van der Waals surface area (Å²) in [6, 6.07) is 2.57. The van der Waals surface area contributed by atoms with E-state index in [2.05, 4.69) is 41.5 Å². The Morgan fingerprint density at radius 3 is 2.88 bits per heavy atom. The van der Waals surface area contributed by atoms with E-state index in [0.29, 0.717) is 17.8 Å². The second-order valence-corrected chi connectivity index (χ2v) is 6.01. The van der Waals surface area contributed by atoms with Gasteiger partial charge in [0.05, 0.1) is 0 Å². The van der Waals surface area contributed by atoms with Crippen molar-refractivity contribution in [3.63, 3.8) is 0 Å². The van der Waals surface area contributed by atoms with Crippen molar-refractivity contribution in [3.8, 4) is 0 Å². The van der Waals surface area contributed by atoms with Gasteiger partial charge in [-0.25, -0.2) is 4.79 Å². The van der Waals surface area contributed by atoms with Gasteiger partial charge >= 0.3 is 5.97 Å². The van der Waals surface area contributed by atoms with E-state index >= 15 is 0 Å². The van der Waals surface area contributed by atoms with Gasteiger partial charge in [-0.15, -0.1) is 0 Å². The molecule has 94 valence electrons.